The van der Waals surface area contributed by atoms with E-state index in [-0.39, 0.29) is 47.7 Å². The third-order valence-electron chi connectivity index (χ3n) is 6.70. The molecule has 1 aromatic carbocycles. The van der Waals surface area contributed by atoms with Crippen LogP contribution in [-0.4, -0.2) is 64.3 Å². The van der Waals surface area contributed by atoms with Crippen LogP contribution in [0.2, 0.25) is 0 Å². The first kappa shape index (κ1) is 19.8. The molecule has 6 nitrogen and oxygen atoms in total. The number of hydrogen-bond donors (Lipinski definition) is 0. The molecular formula is C22H27FN4O2. The third kappa shape index (κ3) is 3.51. The predicted octanol–water partition coefficient (Wildman–Crippen LogP) is 2.32. The summed E-state index contributed by atoms with van der Waals surface area (Å²) >= 11 is 0. The summed E-state index contributed by atoms with van der Waals surface area (Å²) in [6.45, 7) is 5.82. The standard InChI is InChI=1S/C22H27FN4O2/c1-14(21(28)26-9-3-4-18(26)11-24)12-25-13-19-10-20(25)22(29)27(19)15(2)16-5-7-17(23)8-6-16/h5-8,14-15,18-20H,3-4,9-10,12-13H2,1-2H3/t14-,15+,18-,19-,20-/m0/s1. The number of nitrogens with zero attached hydrogens (tertiary/aromatic N) is 4. The summed E-state index contributed by atoms with van der Waals surface area (Å²) in [5, 5.41) is 9.24. The molecule has 154 valence electrons. The Morgan fingerprint density at radius 2 is 2.03 bits per heavy atom. The van der Waals surface area contributed by atoms with Gasteiger partial charge < -0.3 is 9.80 Å². The number of nitriles is 1. The fraction of sp³-hybridized carbons (Fsp3) is 0.591. The molecule has 3 aliphatic heterocycles. The number of piperazine rings is 1. The molecule has 4 rings (SSSR count). The Morgan fingerprint density at radius 1 is 1.31 bits per heavy atom. The van der Waals surface area contributed by atoms with Crippen molar-refractivity contribution in [1.82, 2.24) is 14.7 Å². The molecule has 5 atom stereocenters. The van der Waals surface area contributed by atoms with Gasteiger partial charge in [0.2, 0.25) is 11.8 Å². The summed E-state index contributed by atoms with van der Waals surface area (Å²) < 4.78 is 13.2. The van der Waals surface area contributed by atoms with E-state index >= 15 is 0 Å². The molecule has 29 heavy (non-hydrogen) atoms. The average molecular weight is 398 g/mol. The Hall–Kier alpha value is -2.46. The summed E-state index contributed by atoms with van der Waals surface area (Å²) in [4.78, 5) is 31.6. The molecule has 0 radical (unpaired) electrons. The van der Waals surface area contributed by atoms with E-state index in [2.05, 4.69) is 11.0 Å². The maximum Gasteiger partial charge on any atom is 0.240 e. The van der Waals surface area contributed by atoms with Crippen molar-refractivity contribution < 1.29 is 14.0 Å². The zero-order valence-corrected chi connectivity index (χ0v) is 16.9. The highest BCUT2D eigenvalue weighted by molar-refractivity contribution is 5.86. The molecule has 0 unspecified atom stereocenters. The summed E-state index contributed by atoms with van der Waals surface area (Å²) in [5.41, 5.74) is 0.930. The number of halogens is 1. The highest BCUT2D eigenvalue weighted by Gasteiger charge is 2.51. The number of hydrogen-bond acceptors (Lipinski definition) is 4. The zero-order valence-electron chi connectivity index (χ0n) is 16.9. The second-order valence-corrected chi connectivity index (χ2v) is 8.55. The first-order chi connectivity index (χ1) is 13.9. The fourth-order valence-electron chi connectivity index (χ4n) is 5.18. The van der Waals surface area contributed by atoms with Gasteiger partial charge in [-0.05, 0) is 43.9 Å². The van der Waals surface area contributed by atoms with Gasteiger partial charge in [0, 0.05) is 31.6 Å². The van der Waals surface area contributed by atoms with E-state index in [4.69, 9.17) is 0 Å². The molecule has 3 saturated heterocycles. The van der Waals surface area contributed by atoms with Crippen LogP contribution in [0.1, 0.15) is 44.7 Å². The number of rotatable bonds is 5. The van der Waals surface area contributed by atoms with Crippen LogP contribution in [0, 0.1) is 23.1 Å². The number of likely N-dealkylation sites (tertiary alicyclic amines) is 3. The lowest BCUT2D eigenvalue weighted by molar-refractivity contribution is -0.142. The first-order valence-electron chi connectivity index (χ1n) is 10.4. The quantitative estimate of drug-likeness (QED) is 0.763. The number of fused-ring (bicyclic) bond motifs is 2. The lowest BCUT2D eigenvalue weighted by Crippen LogP contribution is -2.53. The third-order valence-corrected chi connectivity index (χ3v) is 6.70. The van der Waals surface area contributed by atoms with E-state index in [1.807, 2.05) is 18.7 Å². The van der Waals surface area contributed by atoms with Crippen LogP contribution in [0.15, 0.2) is 24.3 Å². The van der Waals surface area contributed by atoms with E-state index in [9.17, 15) is 19.2 Å². The van der Waals surface area contributed by atoms with Crippen LogP contribution in [0.3, 0.4) is 0 Å². The summed E-state index contributed by atoms with van der Waals surface area (Å²) in [6.07, 6.45) is 2.40. The lowest BCUT2D eigenvalue weighted by Gasteiger charge is -2.38. The smallest absolute Gasteiger partial charge is 0.240 e. The van der Waals surface area contributed by atoms with Crippen molar-refractivity contribution in [3.63, 3.8) is 0 Å². The van der Waals surface area contributed by atoms with E-state index in [1.54, 1.807) is 17.0 Å². The van der Waals surface area contributed by atoms with Gasteiger partial charge in [0.25, 0.3) is 0 Å². The van der Waals surface area contributed by atoms with Gasteiger partial charge >= 0.3 is 0 Å². The SMILES string of the molecule is C[C@H](c1ccc(F)cc1)N1C(=O)[C@@H]2C[C@H]1CN2C[C@H](C)C(=O)N1CCC[C@H]1C#N. The van der Waals surface area contributed by atoms with Gasteiger partial charge in [-0.2, -0.15) is 5.26 Å². The first-order valence-corrected chi connectivity index (χ1v) is 10.4. The van der Waals surface area contributed by atoms with E-state index in [0.717, 1.165) is 31.4 Å². The predicted molar refractivity (Wildman–Crippen MR) is 105 cm³/mol. The van der Waals surface area contributed by atoms with Crippen LogP contribution in [0.5, 0.6) is 0 Å². The molecule has 7 heteroatoms. The van der Waals surface area contributed by atoms with Crippen LogP contribution in [0.25, 0.3) is 0 Å². The van der Waals surface area contributed by atoms with Crippen molar-refractivity contribution in [3.8, 4) is 6.07 Å². The second kappa shape index (κ2) is 7.75. The monoisotopic (exact) mass is 398 g/mol. The van der Waals surface area contributed by atoms with Crippen LogP contribution in [0.4, 0.5) is 4.39 Å². The van der Waals surface area contributed by atoms with Crippen molar-refractivity contribution in [2.45, 2.75) is 57.3 Å². The number of benzene rings is 1. The largest absolute Gasteiger partial charge is 0.330 e. The van der Waals surface area contributed by atoms with Gasteiger partial charge in [-0.25, -0.2) is 4.39 Å². The van der Waals surface area contributed by atoms with Crippen molar-refractivity contribution in [2.75, 3.05) is 19.6 Å². The van der Waals surface area contributed by atoms with E-state index in [1.165, 1.54) is 12.1 Å². The van der Waals surface area contributed by atoms with Crippen molar-refractivity contribution in [1.29, 1.82) is 5.26 Å². The summed E-state index contributed by atoms with van der Waals surface area (Å²) in [5.74, 6) is -0.412. The molecule has 1 aromatic rings. The fourth-order valence-corrected chi connectivity index (χ4v) is 5.18. The topological polar surface area (TPSA) is 67.7 Å². The van der Waals surface area contributed by atoms with Gasteiger partial charge in [0.15, 0.2) is 0 Å². The molecule has 0 spiro atoms. The van der Waals surface area contributed by atoms with Crippen LogP contribution in [-0.2, 0) is 9.59 Å². The van der Waals surface area contributed by atoms with E-state index < -0.39 is 0 Å². The second-order valence-electron chi connectivity index (χ2n) is 8.55. The zero-order chi connectivity index (χ0) is 20.7. The molecule has 3 aliphatic rings. The highest BCUT2D eigenvalue weighted by Crippen LogP contribution is 2.38. The Morgan fingerprint density at radius 3 is 2.69 bits per heavy atom. The number of carbonyl (C=O) groups is 2. The minimum atomic E-state index is -0.311. The normalized spacial score (nSPS) is 28.6. The lowest BCUT2D eigenvalue weighted by atomic mass is 10.0. The number of amides is 2. The summed E-state index contributed by atoms with van der Waals surface area (Å²) in [6, 6.07) is 8.07. The van der Waals surface area contributed by atoms with Gasteiger partial charge in [0.05, 0.1) is 18.2 Å². The molecule has 0 aliphatic carbocycles. The van der Waals surface area contributed by atoms with Gasteiger partial charge in [-0.3, -0.25) is 14.5 Å². The molecular weight excluding hydrogens is 371 g/mol. The Bertz CT molecular complexity index is 836. The van der Waals surface area contributed by atoms with E-state index in [0.29, 0.717) is 13.1 Å². The van der Waals surface area contributed by atoms with Gasteiger partial charge in [0.1, 0.15) is 11.9 Å². The van der Waals surface area contributed by atoms with Crippen LogP contribution >= 0.6 is 0 Å². The molecule has 3 fully saturated rings. The Labute approximate surface area is 170 Å². The molecule has 2 bridgehead atoms. The average Bonchev–Trinajstić information content (AvgIpc) is 3.41. The minimum Gasteiger partial charge on any atom is -0.330 e. The number of carbonyl (C=O) groups excluding carboxylic acids is 2. The molecule has 0 aromatic heterocycles. The van der Waals surface area contributed by atoms with Crippen molar-refractivity contribution >= 4 is 11.8 Å². The molecule has 0 N–H and O–H groups in total. The highest BCUT2D eigenvalue weighted by atomic mass is 19.1. The van der Waals surface area contributed by atoms with Crippen molar-refractivity contribution in [3.05, 3.63) is 35.6 Å². The maximum atomic E-state index is 13.2. The maximum absolute atomic E-state index is 13.2. The molecule has 0 saturated carbocycles. The van der Waals surface area contributed by atoms with Crippen molar-refractivity contribution in [2.24, 2.45) is 5.92 Å². The minimum absolute atomic E-state index is 0.0146. The molecule has 2 amide bonds. The van der Waals surface area contributed by atoms with Gasteiger partial charge in [-0.15, -0.1) is 0 Å². The van der Waals surface area contributed by atoms with Crippen LogP contribution < -0.4 is 0 Å². The Balaban J connectivity index is 1.39. The van der Waals surface area contributed by atoms with Gasteiger partial charge in [-0.1, -0.05) is 19.1 Å². The molecule has 3 heterocycles. The summed E-state index contributed by atoms with van der Waals surface area (Å²) in [7, 11) is 0. The Kier molecular flexibility index (Phi) is 5.30.